The van der Waals surface area contributed by atoms with Gasteiger partial charge in [0.15, 0.2) is 5.60 Å². The monoisotopic (exact) mass is 292 g/mol. The van der Waals surface area contributed by atoms with Gasteiger partial charge in [0.1, 0.15) is 6.61 Å². The van der Waals surface area contributed by atoms with Gasteiger partial charge < -0.3 is 14.9 Å². The summed E-state index contributed by atoms with van der Waals surface area (Å²) in [5.74, 6) is -2.18. The fraction of sp³-hybridized carbons (Fsp3) is 0.375. The number of allylic oxidation sites excluding steroid dienone is 1. The minimum Gasteiger partial charge on any atom is -0.481 e. The number of carboxylic acids is 1. The maximum atomic E-state index is 12.0. The second kappa shape index (κ2) is 7.59. The van der Waals surface area contributed by atoms with E-state index in [2.05, 4.69) is 0 Å². The van der Waals surface area contributed by atoms with Crippen LogP contribution in [0.15, 0.2) is 42.0 Å². The average Bonchev–Trinajstić information content (AvgIpc) is 2.43. The van der Waals surface area contributed by atoms with Gasteiger partial charge in [-0.05, 0) is 19.4 Å². The summed E-state index contributed by atoms with van der Waals surface area (Å²) in [5, 5.41) is 19.1. The number of carbonyl (C=O) groups is 2. The summed E-state index contributed by atoms with van der Waals surface area (Å²) >= 11 is 0. The lowest BCUT2D eigenvalue weighted by molar-refractivity contribution is -0.171. The number of hydrogen-bond acceptors (Lipinski definition) is 4. The standard InChI is InChI=1S/C16H20O5/c1-12(2)8-9-16(20,10-14(17)18)15(19)21-11-13-6-4-3-5-7-13/h3-8,20H,9-11H2,1-2H3,(H,17,18)/t16-/m1/s1. The van der Waals surface area contributed by atoms with Gasteiger partial charge in [-0.2, -0.15) is 0 Å². The van der Waals surface area contributed by atoms with E-state index in [1.54, 1.807) is 44.2 Å². The summed E-state index contributed by atoms with van der Waals surface area (Å²) < 4.78 is 5.04. The highest BCUT2D eigenvalue weighted by molar-refractivity contribution is 5.85. The van der Waals surface area contributed by atoms with Crippen LogP contribution in [0.4, 0.5) is 0 Å². The summed E-state index contributed by atoms with van der Waals surface area (Å²) in [4.78, 5) is 22.9. The van der Waals surface area contributed by atoms with Gasteiger partial charge in [-0.1, -0.05) is 42.0 Å². The average molecular weight is 292 g/mol. The summed E-state index contributed by atoms with van der Waals surface area (Å²) in [5.41, 5.74) is -0.391. The lowest BCUT2D eigenvalue weighted by Crippen LogP contribution is -2.41. The highest BCUT2D eigenvalue weighted by Crippen LogP contribution is 2.20. The Hall–Kier alpha value is -2.14. The molecule has 0 unspecified atom stereocenters. The molecule has 0 amide bonds. The van der Waals surface area contributed by atoms with Gasteiger partial charge in [0, 0.05) is 6.42 Å². The minimum absolute atomic E-state index is 0.00355. The Labute approximate surface area is 123 Å². The zero-order valence-electron chi connectivity index (χ0n) is 12.2. The quantitative estimate of drug-likeness (QED) is 0.595. The van der Waals surface area contributed by atoms with Crippen molar-refractivity contribution in [3.63, 3.8) is 0 Å². The van der Waals surface area contributed by atoms with Gasteiger partial charge in [0.25, 0.3) is 0 Å². The van der Waals surface area contributed by atoms with E-state index in [0.717, 1.165) is 11.1 Å². The van der Waals surface area contributed by atoms with Crippen LogP contribution >= 0.6 is 0 Å². The Morgan fingerprint density at radius 2 is 1.86 bits per heavy atom. The van der Waals surface area contributed by atoms with E-state index in [4.69, 9.17) is 9.84 Å². The van der Waals surface area contributed by atoms with Gasteiger partial charge in [0.05, 0.1) is 6.42 Å². The lowest BCUT2D eigenvalue weighted by atomic mass is 9.94. The fourth-order valence-corrected chi connectivity index (χ4v) is 1.71. The molecule has 0 aliphatic carbocycles. The molecule has 5 heteroatoms. The molecule has 1 aromatic carbocycles. The van der Waals surface area contributed by atoms with E-state index < -0.39 is 24.0 Å². The maximum Gasteiger partial charge on any atom is 0.339 e. The molecule has 0 bridgehead atoms. The molecule has 0 heterocycles. The summed E-state index contributed by atoms with van der Waals surface area (Å²) in [6.07, 6.45) is 0.840. The van der Waals surface area contributed by atoms with Crippen LogP contribution in [0.3, 0.4) is 0 Å². The first-order valence-electron chi connectivity index (χ1n) is 6.62. The van der Waals surface area contributed by atoms with Gasteiger partial charge in [-0.3, -0.25) is 4.79 Å². The third-order valence-electron chi connectivity index (χ3n) is 2.88. The molecule has 21 heavy (non-hydrogen) atoms. The van der Waals surface area contributed by atoms with Crippen molar-refractivity contribution < 1.29 is 24.5 Å². The Morgan fingerprint density at radius 1 is 1.24 bits per heavy atom. The SMILES string of the molecule is CC(C)=CC[C@@](O)(CC(=O)O)C(=O)OCc1ccccc1. The van der Waals surface area contributed by atoms with E-state index in [1.165, 1.54) is 0 Å². The molecule has 0 spiro atoms. The number of esters is 1. The molecule has 0 fully saturated rings. The summed E-state index contributed by atoms with van der Waals surface area (Å²) in [6, 6.07) is 8.99. The van der Waals surface area contributed by atoms with Crippen molar-refractivity contribution in [1.82, 2.24) is 0 Å². The van der Waals surface area contributed by atoms with E-state index >= 15 is 0 Å². The summed E-state index contributed by atoms with van der Waals surface area (Å²) in [6.45, 7) is 3.60. The fourth-order valence-electron chi connectivity index (χ4n) is 1.71. The molecule has 0 aliphatic heterocycles. The van der Waals surface area contributed by atoms with Crippen molar-refractivity contribution >= 4 is 11.9 Å². The third-order valence-corrected chi connectivity index (χ3v) is 2.88. The molecule has 1 rings (SSSR count). The predicted octanol–water partition coefficient (Wildman–Crippen LogP) is 2.29. The molecule has 5 nitrogen and oxygen atoms in total. The van der Waals surface area contributed by atoms with Crippen molar-refractivity contribution in [1.29, 1.82) is 0 Å². The number of benzene rings is 1. The van der Waals surface area contributed by atoms with Crippen molar-refractivity contribution in [2.45, 2.75) is 38.9 Å². The van der Waals surface area contributed by atoms with Crippen molar-refractivity contribution in [2.24, 2.45) is 0 Å². The normalized spacial score (nSPS) is 13.1. The molecular weight excluding hydrogens is 272 g/mol. The predicted molar refractivity (Wildman–Crippen MR) is 77.5 cm³/mol. The Balaban J connectivity index is 2.75. The Morgan fingerprint density at radius 3 is 2.38 bits per heavy atom. The first kappa shape index (κ1) is 16.9. The summed E-state index contributed by atoms with van der Waals surface area (Å²) in [7, 11) is 0. The van der Waals surface area contributed by atoms with Crippen molar-refractivity contribution in [2.75, 3.05) is 0 Å². The number of carbonyl (C=O) groups excluding carboxylic acids is 1. The molecule has 0 aromatic heterocycles. The van der Waals surface area contributed by atoms with E-state index in [9.17, 15) is 14.7 Å². The van der Waals surface area contributed by atoms with Crippen LogP contribution < -0.4 is 0 Å². The van der Waals surface area contributed by atoms with Gasteiger partial charge in [-0.25, -0.2) is 4.79 Å². The van der Waals surface area contributed by atoms with Crippen LogP contribution in [-0.4, -0.2) is 27.8 Å². The number of carboxylic acid groups (broad SMARTS) is 1. The highest BCUT2D eigenvalue weighted by atomic mass is 16.5. The van der Waals surface area contributed by atoms with Gasteiger partial charge >= 0.3 is 11.9 Å². The first-order valence-corrected chi connectivity index (χ1v) is 6.62. The first-order chi connectivity index (χ1) is 9.83. The van der Waals surface area contributed by atoms with Gasteiger partial charge in [-0.15, -0.1) is 0 Å². The van der Waals surface area contributed by atoms with Crippen LogP contribution in [-0.2, 0) is 20.9 Å². The number of aliphatic hydroxyl groups is 1. The molecular formula is C16H20O5. The molecule has 2 N–H and O–H groups in total. The number of hydrogen-bond donors (Lipinski definition) is 2. The zero-order chi connectivity index (χ0) is 15.9. The van der Waals surface area contributed by atoms with E-state index in [-0.39, 0.29) is 13.0 Å². The second-order valence-corrected chi connectivity index (χ2v) is 5.15. The second-order valence-electron chi connectivity index (χ2n) is 5.15. The lowest BCUT2D eigenvalue weighted by Gasteiger charge is -2.23. The van der Waals surface area contributed by atoms with Crippen LogP contribution in [0, 0.1) is 0 Å². The van der Waals surface area contributed by atoms with E-state index in [0.29, 0.717) is 0 Å². The topological polar surface area (TPSA) is 83.8 Å². The van der Waals surface area contributed by atoms with Crippen LogP contribution in [0.2, 0.25) is 0 Å². The molecule has 0 saturated carbocycles. The maximum absolute atomic E-state index is 12.0. The largest absolute Gasteiger partial charge is 0.481 e. The van der Waals surface area contributed by atoms with E-state index in [1.807, 2.05) is 6.07 Å². The molecule has 1 atom stereocenters. The highest BCUT2D eigenvalue weighted by Gasteiger charge is 2.39. The smallest absolute Gasteiger partial charge is 0.339 e. The Bertz CT molecular complexity index is 517. The number of rotatable bonds is 7. The van der Waals surface area contributed by atoms with Crippen LogP contribution in [0.1, 0.15) is 32.3 Å². The number of ether oxygens (including phenoxy) is 1. The van der Waals surface area contributed by atoms with Crippen LogP contribution in [0.5, 0.6) is 0 Å². The zero-order valence-corrected chi connectivity index (χ0v) is 12.2. The molecule has 0 radical (unpaired) electrons. The molecule has 0 aliphatic rings. The van der Waals surface area contributed by atoms with Crippen molar-refractivity contribution in [3.8, 4) is 0 Å². The van der Waals surface area contributed by atoms with Crippen LogP contribution in [0.25, 0.3) is 0 Å². The Kier molecular flexibility index (Phi) is 6.11. The minimum atomic E-state index is -2.04. The van der Waals surface area contributed by atoms with Crippen molar-refractivity contribution in [3.05, 3.63) is 47.5 Å². The molecule has 114 valence electrons. The number of aliphatic carboxylic acids is 1. The third kappa shape index (κ3) is 5.79. The molecule has 1 aromatic rings. The molecule has 0 saturated heterocycles. The van der Waals surface area contributed by atoms with Gasteiger partial charge in [0.2, 0.25) is 0 Å².